The fourth-order valence-corrected chi connectivity index (χ4v) is 4.03. The lowest BCUT2D eigenvalue weighted by Crippen LogP contribution is -2.27. The zero-order valence-electron chi connectivity index (χ0n) is 19.4. The molecule has 1 amide bonds. The van der Waals surface area contributed by atoms with E-state index in [4.69, 9.17) is 4.74 Å². The molecule has 0 saturated carbocycles. The molecule has 176 valence electrons. The van der Waals surface area contributed by atoms with Crippen LogP contribution in [0.2, 0.25) is 0 Å². The zero-order chi connectivity index (χ0) is 23.6. The van der Waals surface area contributed by atoms with E-state index < -0.39 is 0 Å². The Hall–Kier alpha value is -2.87. The molecule has 3 aromatic rings. The summed E-state index contributed by atoms with van der Waals surface area (Å²) < 4.78 is 20.9. The molecule has 8 heteroatoms. The van der Waals surface area contributed by atoms with Gasteiger partial charge in [-0.3, -0.25) is 4.79 Å². The Morgan fingerprint density at radius 3 is 2.45 bits per heavy atom. The molecular weight excluding hydrogens is 439 g/mol. The van der Waals surface area contributed by atoms with E-state index in [1.165, 1.54) is 29.5 Å². The van der Waals surface area contributed by atoms with Crippen LogP contribution in [0, 0.1) is 11.7 Å². The van der Waals surface area contributed by atoms with Crippen molar-refractivity contribution in [2.24, 2.45) is 5.92 Å². The highest BCUT2D eigenvalue weighted by atomic mass is 32.2. The van der Waals surface area contributed by atoms with Crippen LogP contribution in [-0.4, -0.2) is 33.0 Å². The van der Waals surface area contributed by atoms with Crippen molar-refractivity contribution in [2.75, 3.05) is 12.3 Å². The minimum Gasteiger partial charge on any atom is -0.486 e. The zero-order valence-corrected chi connectivity index (χ0v) is 20.2. The Bertz CT molecular complexity index is 1020. The van der Waals surface area contributed by atoms with Crippen LogP contribution in [0.5, 0.6) is 5.75 Å². The third-order valence-electron chi connectivity index (χ3n) is 5.02. The molecule has 0 spiro atoms. The number of carbonyl (C=O) groups is 1. The first-order chi connectivity index (χ1) is 15.9. The van der Waals surface area contributed by atoms with Gasteiger partial charge in [-0.25, -0.2) is 4.39 Å². The monoisotopic (exact) mass is 470 g/mol. The van der Waals surface area contributed by atoms with Crippen molar-refractivity contribution in [1.29, 1.82) is 0 Å². The van der Waals surface area contributed by atoms with Crippen LogP contribution < -0.4 is 10.1 Å². The van der Waals surface area contributed by atoms with Gasteiger partial charge in [-0.2, -0.15) is 0 Å². The molecule has 0 aliphatic carbocycles. The van der Waals surface area contributed by atoms with Crippen molar-refractivity contribution in [3.05, 3.63) is 71.3 Å². The summed E-state index contributed by atoms with van der Waals surface area (Å²) in [4.78, 5) is 12.3. The number of hydrogen-bond donors (Lipinski definition) is 1. The summed E-state index contributed by atoms with van der Waals surface area (Å²) in [5.74, 6) is 1.84. The predicted octanol–water partition coefficient (Wildman–Crippen LogP) is 4.67. The van der Waals surface area contributed by atoms with E-state index in [0.29, 0.717) is 30.6 Å². The number of aromatic nitrogens is 3. The number of carbonyl (C=O) groups excluding carboxylic acids is 1. The van der Waals surface area contributed by atoms with E-state index >= 15 is 0 Å². The van der Waals surface area contributed by atoms with Gasteiger partial charge in [0.15, 0.2) is 11.0 Å². The third-order valence-corrected chi connectivity index (χ3v) is 5.99. The van der Waals surface area contributed by atoms with Crippen molar-refractivity contribution in [3.8, 4) is 5.75 Å². The molecule has 0 aliphatic rings. The Balaban J connectivity index is 1.52. The van der Waals surface area contributed by atoms with Crippen molar-refractivity contribution in [1.82, 2.24) is 20.1 Å². The molecule has 0 fully saturated rings. The number of rotatable bonds is 12. The molecule has 1 heterocycles. The minimum absolute atomic E-state index is 0.0741. The van der Waals surface area contributed by atoms with Gasteiger partial charge in [-0.1, -0.05) is 56.8 Å². The lowest BCUT2D eigenvalue weighted by Gasteiger charge is -2.13. The largest absolute Gasteiger partial charge is 0.486 e. The van der Waals surface area contributed by atoms with Gasteiger partial charge in [-0.15, -0.1) is 10.2 Å². The SMILES string of the molecule is CCc1ccc(OCc2nnc(SCC(=O)NCCc3ccc(F)cc3)n2CC(C)C)cc1. The van der Waals surface area contributed by atoms with Crippen LogP contribution in [0.25, 0.3) is 0 Å². The van der Waals surface area contributed by atoms with E-state index in [2.05, 4.69) is 48.4 Å². The number of amides is 1. The Labute approximate surface area is 199 Å². The minimum atomic E-state index is -0.260. The van der Waals surface area contributed by atoms with Gasteiger partial charge in [-0.05, 0) is 54.2 Å². The summed E-state index contributed by atoms with van der Waals surface area (Å²) in [7, 11) is 0. The second-order valence-electron chi connectivity index (χ2n) is 8.20. The van der Waals surface area contributed by atoms with Gasteiger partial charge >= 0.3 is 0 Å². The number of thioether (sulfide) groups is 1. The third kappa shape index (κ3) is 7.89. The van der Waals surface area contributed by atoms with Crippen LogP contribution in [0.1, 0.15) is 37.7 Å². The van der Waals surface area contributed by atoms with E-state index in [-0.39, 0.29) is 17.5 Å². The van der Waals surface area contributed by atoms with Crippen LogP contribution >= 0.6 is 11.8 Å². The number of aryl methyl sites for hydroxylation is 1. The molecule has 0 bridgehead atoms. The molecule has 0 atom stereocenters. The quantitative estimate of drug-likeness (QED) is 0.390. The highest BCUT2D eigenvalue weighted by Crippen LogP contribution is 2.20. The predicted molar refractivity (Wildman–Crippen MR) is 129 cm³/mol. The molecule has 1 N–H and O–H groups in total. The molecule has 33 heavy (non-hydrogen) atoms. The fourth-order valence-electron chi connectivity index (χ4n) is 3.23. The number of ether oxygens (including phenoxy) is 1. The van der Waals surface area contributed by atoms with Gasteiger partial charge in [0.1, 0.15) is 18.2 Å². The Morgan fingerprint density at radius 1 is 1.09 bits per heavy atom. The molecule has 0 aliphatic heterocycles. The lowest BCUT2D eigenvalue weighted by molar-refractivity contribution is -0.118. The summed E-state index contributed by atoms with van der Waals surface area (Å²) in [6.07, 6.45) is 1.64. The molecule has 2 aromatic carbocycles. The lowest BCUT2D eigenvalue weighted by atomic mass is 10.1. The van der Waals surface area contributed by atoms with Gasteiger partial charge in [0.2, 0.25) is 5.91 Å². The molecule has 3 rings (SSSR count). The maximum Gasteiger partial charge on any atom is 0.230 e. The van der Waals surface area contributed by atoms with Crippen molar-refractivity contribution < 1.29 is 13.9 Å². The second-order valence-corrected chi connectivity index (χ2v) is 9.15. The normalized spacial score (nSPS) is 11.1. The van der Waals surface area contributed by atoms with E-state index in [1.54, 1.807) is 12.1 Å². The smallest absolute Gasteiger partial charge is 0.230 e. The number of halogens is 1. The maximum atomic E-state index is 13.0. The van der Waals surface area contributed by atoms with Gasteiger partial charge in [0, 0.05) is 13.1 Å². The van der Waals surface area contributed by atoms with Crippen LogP contribution in [0.3, 0.4) is 0 Å². The van der Waals surface area contributed by atoms with Crippen molar-refractivity contribution >= 4 is 17.7 Å². The van der Waals surface area contributed by atoms with E-state index in [1.807, 2.05) is 16.7 Å². The first kappa shape index (κ1) is 24.8. The average molecular weight is 471 g/mol. The summed E-state index contributed by atoms with van der Waals surface area (Å²) in [6.45, 7) is 7.94. The highest BCUT2D eigenvalue weighted by molar-refractivity contribution is 7.99. The van der Waals surface area contributed by atoms with E-state index in [0.717, 1.165) is 30.1 Å². The van der Waals surface area contributed by atoms with Gasteiger partial charge < -0.3 is 14.6 Å². The van der Waals surface area contributed by atoms with Crippen LogP contribution in [-0.2, 0) is 30.8 Å². The fraction of sp³-hybridized carbons (Fsp3) is 0.400. The second kappa shape index (κ2) is 12.4. The standard InChI is InChI=1S/C25H31FN4O2S/c1-4-19-7-11-22(12-8-19)32-16-23-28-29-25(30(23)15-18(2)3)33-17-24(31)27-14-13-20-5-9-21(26)10-6-20/h5-12,18H,4,13-17H2,1-3H3,(H,27,31). The summed E-state index contributed by atoms with van der Waals surface area (Å²) in [5.41, 5.74) is 2.25. The first-order valence-corrected chi connectivity index (χ1v) is 12.2. The van der Waals surface area contributed by atoms with Crippen molar-refractivity contribution in [3.63, 3.8) is 0 Å². The Kier molecular flexibility index (Phi) is 9.30. The molecule has 0 saturated heterocycles. The molecule has 6 nitrogen and oxygen atoms in total. The Morgan fingerprint density at radius 2 is 1.79 bits per heavy atom. The number of nitrogens with one attached hydrogen (secondary N) is 1. The first-order valence-electron chi connectivity index (χ1n) is 11.2. The summed E-state index contributed by atoms with van der Waals surface area (Å²) in [5, 5.41) is 12.2. The van der Waals surface area contributed by atoms with E-state index in [9.17, 15) is 9.18 Å². The number of nitrogens with zero attached hydrogens (tertiary/aromatic N) is 3. The molecule has 0 unspecified atom stereocenters. The molecule has 1 aromatic heterocycles. The van der Waals surface area contributed by atoms with Gasteiger partial charge in [0.05, 0.1) is 5.75 Å². The average Bonchev–Trinajstić information content (AvgIpc) is 3.18. The number of benzene rings is 2. The maximum absolute atomic E-state index is 13.0. The number of hydrogen-bond acceptors (Lipinski definition) is 5. The van der Waals surface area contributed by atoms with Crippen LogP contribution in [0.15, 0.2) is 53.7 Å². The van der Waals surface area contributed by atoms with Gasteiger partial charge in [0.25, 0.3) is 0 Å². The molecular formula is C25H31FN4O2S. The highest BCUT2D eigenvalue weighted by Gasteiger charge is 2.16. The summed E-state index contributed by atoms with van der Waals surface area (Å²) in [6, 6.07) is 14.4. The molecule has 0 radical (unpaired) electrons. The van der Waals surface area contributed by atoms with Crippen LogP contribution in [0.4, 0.5) is 4.39 Å². The van der Waals surface area contributed by atoms with Crippen molar-refractivity contribution in [2.45, 2.75) is 51.9 Å². The summed E-state index contributed by atoms with van der Waals surface area (Å²) >= 11 is 1.36. The topological polar surface area (TPSA) is 69.0 Å².